The second kappa shape index (κ2) is 12.2. The van der Waals surface area contributed by atoms with Crippen LogP contribution in [0.25, 0.3) is 0 Å². The highest BCUT2D eigenvalue weighted by molar-refractivity contribution is 5.94. The molecule has 0 spiro atoms. The fourth-order valence-electron chi connectivity index (χ4n) is 3.23. The van der Waals surface area contributed by atoms with E-state index in [2.05, 4.69) is 21.9 Å². The van der Waals surface area contributed by atoms with E-state index in [9.17, 15) is 9.59 Å². The Morgan fingerprint density at radius 3 is 2.47 bits per heavy atom. The Labute approximate surface area is 199 Å². The van der Waals surface area contributed by atoms with E-state index >= 15 is 0 Å². The van der Waals surface area contributed by atoms with Crippen LogP contribution in [0.1, 0.15) is 35.1 Å². The number of methoxy groups -OCH3 is 1. The highest BCUT2D eigenvalue weighted by Gasteiger charge is 2.09. The van der Waals surface area contributed by atoms with Crippen LogP contribution >= 0.6 is 0 Å². The summed E-state index contributed by atoms with van der Waals surface area (Å²) in [7, 11) is 1.57. The number of hydrogen-bond donors (Lipinski definition) is 2. The summed E-state index contributed by atoms with van der Waals surface area (Å²) in [4.78, 5) is 24.1. The molecule has 7 heteroatoms. The molecule has 3 aromatic rings. The topological polar surface area (TPSA) is 89.0 Å². The smallest absolute Gasteiger partial charge is 0.240 e. The van der Waals surface area contributed by atoms with Crippen LogP contribution in [0.3, 0.4) is 0 Å². The summed E-state index contributed by atoms with van der Waals surface area (Å²) >= 11 is 0. The maximum atomic E-state index is 12.1. The predicted octanol–water partition coefficient (Wildman–Crippen LogP) is 4.76. The molecule has 176 valence electrons. The SMILES string of the molecule is COc1cc(C=NNC(=O)CCC(=O)Nc2ccccc2C)ccc1OCc1cccc(C)c1. The van der Waals surface area contributed by atoms with Crippen molar-refractivity contribution in [2.24, 2.45) is 5.10 Å². The summed E-state index contributed by atoms with van der Waals surface area (Å²) in [5, 5.41) is 6.78. The molecule has 3 rings (SSSR count). The second-order valence-corrected chi connectivity index (χ2v) is 7.84. The van der Waals surface area contributed by atoms with Crippen molar-refractivity contribution >= 4 is 23.7 Å². The lowest BCUT2D eigenvalue weighted by Crippen LogP contribution is -2.20. The third-order valence-corrected chi connectivity index (χ3v) is 5.07. The summed E-state index contributed by atoms with van der Waals surface area (Å²) < 4.78 is 11.3. The van der Waals surface area contributed by atoms with Crippen LogP contribution in [0, 0.1) is 13.8 Å². The van der Waals surface area contributed by atoms with Crippen LogP contribution in [-0.2, 0) is 16.2 Å². The molecular weight excluding hydrogens is 430 g/mol. The van der Waals surface area contributed by atoms with Crippen LogP contribution in [0.4, 0.5) is 5.69 Å². The van der Waals surface area contributed by atoms with Gasteiger partial charge in [-0.25, -0.2) is 5.43 Å². The summed E-state index contributed by atoms with van der Waals surface area (Å²) in [6, 6.07) is 21.0. The van der Waals surface area contributed by atoms with Gasteiger partial charge in [-0.05, 0) is 54.8 Å². The van der Waals surface area contributed by atoms with Crippen molar-refractivity contribution in [1.82, 2.24) is 5.43 Å². The molecule has 0 heterocycles. The molecule has 0 radical (unpaired) electrons. The van der Waals surface area contributed by atoms with E-state index in [1.807, 2.05) is 62.4 Å². The van der Waals surface area contributed by atoms with Crippen molar-refractivity contribution in [2.45, 2.75) is 33.3 Å². The Hall–Kier alpha value is -4.13. The van der Waals surface area contributed by atoms with E-state index in [1.54, 1.807) is 19.2 Å². The molecule has 7 nitrogen and oxygen atoms in total. The van der Waals surface area contributed by atoms with Gasteiger partial charge in [0.1, 0.15) is 6.61 Å². The van der Waals surface area contributed by atoms with Gasteiger partial charge in [-0.2, -0.15) is 5.10 Å². The molecule has 0 aromatic heterocycles. The lowest BCUT2D eigenvalue weighted by molar-refractivity contribution is -0.124. The number of carbonyl (C=O) groups is 2. The molecule has 0 saturated carbocycles. The Morgan fingerprint density at radius 2 is 1.71 bits per heavy atom. The lowest BCUT2D eigenvalue weighted by atomic mass is 10.1. The molecule has 0 bridgehead atoms. The third-order valence-electron chi connectivity index (χ3n) is 5.07. The number of hydrazone groups is 1. The first kappa shape index (κ1) is 24.5. The Balaban J connectivity index is 1.47. The summed E-state index contributed by atoms with van der Waals surface area (Å²) in [6.07, 6.45) is 1.61. The van der Waals surface area contributed by atoms with Gasteiger partial charge in [-0.3, -0.25) is 9.59 Å². The minimum absolute atomic E-state index is 0.0319. The van der Waals surface area contributed by atoms with Gasteiger partial charge in [-0.1, -0.05) is 48.0 Å². The summed E-state index contributed by atoms with van der Waals surface area (Å²) in [5.41, 5.74) is 7.13. The van der Waals surface area contributed by atoms with E-state index in [4.69, 9.17) is 9.47 Å². The fraction of sp³-hybridized carbons (Fsp3) is 0.222. The Morgan fingerprint density at radius 1 is 0.912 bits per heavy atom. The summed E-state index contributed by atoms with van der Waals surface area (Å²) in [5.74, 6) is 0.612. The van der Waals surface area contributed by atoms with Crippen molar-refractivity contribution in [3.63, 3.8) is 0 Å². The molecule has 0 unspecified atom stereocenters. The van der Waals surface area contributed by atoms with Gasteiger partial charge in [0.25, 0.3) is 0 Å². The molecule has 2 amide bonds. The van der Waals surface area contributed by atoms with E-state index in [1.165, 1.54) is 11.8 Å². The van der Waals surface area contributed by atoms with E-state index in [0.29, 0.717) is 18.1 Å². The second-order valence-electron chi connectivity index (χ2n) is 7.84. The van der Waals surface area contributed by atoms with Crippen molar-refractivity contribution < 1.29 is 19.1 Å². The highest BCUT2D eigenvalue weighted by Crippen LogP contribution is 2.28. The van der Waals surface area contributed by atoms with Crippen LogP contribution in [-0.4, -0.2) is 25.1 Å². The molecule has 0 aliphatic heterocycles. The minimum atomic E-state index is -0.346. The lowest BCUT2D eigenvalue weighted by Gasteiger charge is -2.11. The first-order valence-corrected chi connectivity index (χ1v) is 11.0. The first-order valence-electron chi connectivity index (χ1n) is 11.0. The van der Waals surface area contributed by atoms with Crippen LogP contribution < -0.4 is 20.2 Å². The number of hydrogen-bond acceptors (Lipinski definition) is 5. The fourth-order valence-corrected chi connectivity index (χ4v) is 3.23. The van der Waals surface area contributed by atoms with Crippen molar-refractivity contribution in [1.29, 1.82) is 0 Å². The van der Waals surface area contributed by atoms with Crippen molar-refractivity contribution in [2.75, 3.05) is 12.4 Å². The van der Waals surface area contributed by atoms with Gasteiger partial charge in [0, 0.05) is 18.5 Å². The van der Waals surface area contributed by atoms with Gasteiger partial charge in [0.2, 0.25) is 11.8 Å². The number of amides is 2. The standard InChI is InChI=1S/C27H29N3O4/c1-19-7-6-9-22(15-19)18-34-24-12-11-21(16-25(24)33-3)17-28-30-27(32)14-13-26(31)29-23-10-5-4-8-20(23)2/h4-12,15-17H,13-14,18H2,1-3H3,(H,29,31)(H,30,32). The Kier molecular flexibility index (Phi) is 8.80. The zero-order valence-electron chi connectivity index (χ0n) is 19.6. The number of aryl methyl sites for hydroxylation is 2. The third kappa shape index (κ3) is 7.48. The van der Waals surface area contributed by atoms with Gasteiger partial charge >= 0.3 is 0 Å². The number of rotatable bonds is 10. The van der Waals surface area contributed by atoms with E-state index in [0.717, 1.165) is 22.4 Å². The van der Waals surface area contributed by atoms with Crippen LogP contribution in [0.15, 0.2) is 71.8 Å². The molecule has 34 heavy (non-hydrogen) atoms. The van der Waals surface area contributed by atoms with Gasteiger partial charge in [-0.15, -0.1) is 0 Å². The number of ether oxygens (including phenoxy) is 2. The average molecular weight is 460 g/mol. The monoisotopic (exact) mass is 459 g/mol. The zero-order valence-corrected chi connectivity index (χ0v) is 19.6. The quantitative estimate of drug-likeness (QED) is 0.338. The van der Waals surface area contributed by atoms with Gasteiger partial charge in [0.05, 0.1) is 13.3 Å². The maximum Gasteiger partial charge on any atom is 0.240 e. The predicted molar refractivity (Wildman–Crippen MR) is 133 cm³/mol. The molecular formula is C27H29N3O4. The number of carbonyl (C=O) groups excluding carboxylic acids is 2. The average Bonchev–Trinajstić information content (AvgIpc) is 2.83. The first-order chi connectivity index (χ1) is 16.4. The van der Waals surface area contributed by atoms with Crippen molar-refractivity contribution in [3.8, 4) is 11.5 Å². The number of benzene rings is 3. The zero-order chi connectivity index (χ0) is 24.3. The summed E-state index contributed by atoms with van der Waals surface area (Å²) in [6.45, 7) is 4.38. The molecule has 0 aliphatic rings. The van der Waals surface area contributed by atoms with E-state index < -0.39 is 0 Å². The van der Waals surface area contributed by atoms with Crippen LogP contribution in [0.2, 0.25) is 0 Å². The van der Waals surface area contributed by atoms with Gasteiger partial charge < -0.3 is 14.8 Å². The number of para-hydroxylation sites is 1. The minimum Gasteiger partial charge on any atom is -0.493 e. The highest BCUT2D eigenvalue weighted by atomic mass is 16.5. The molecule has 2 N–H and O–H groups in total. The number of nitrogens with one attached hydrogen (secondary N) is 2. The molecule has 3 aromatic carbocycles. The number of anilines is 1. The van der Waals surface area contributed by atoms with Crippen LogP contribution in [0.5, 0.6) is 11.5 Å². The normalized spacial score (nSPS) is 10.7. The van der Waals surface area contributed by atoms with E-state index in [-0.39, 0.29) is 24.7 Å². The van der Waals surface area contributed by atoms with Crippen molar-refractivity contribution in [3.05, 3.63) is 89.0 Å². The molecule has 0 atom stereocenters. The Bertz CT molecular complexity index is 1170. The maximum absolute atomic E-state index is 12.1. The molecule has 0 aliphatic carbocycles. The van der Waals surface area contributed by atoms with Gasteiger partial charge in [0.15, 0.2) is 11.5 Å². The molecule has 0 saturated heterocycles. The largest absolute Gasteiger partial charge is 0.493 e. The number of nitrogens with zero attached hydrogens (tertiary/aromatic N) is 1. The molecule has 0 fully saturated rings.